The summed E-state index contributed by atoms with van der Waals surface area (Å²) in [5.74, 6) is -0.992. The SMILES string of the molecule is CCOc1ccccc1-c1nc(CC(=O)OCC(=O)NC(=O)Cc2ccccc2)cs1. The Balaban J connectivity index is 1.47. The molecule has 160 valence electrons. The fourth-order valence-corrected chi connectivity index (χ4v) is 3.65. The standard InChI is InChI=1S/C23H22N2O5S/c1-2-29-19-11-7-6-10-18(19)23-24-17(15-31-23)13-22(28)30-14-21(27)25-20(26)12-16-8-4-3-5-9-16/h3-11,15H,2,12-14H2,1H3,(H,25,26,27). The van der Waals surface area contributed by atoms with Gasteiger partial charge >= 0.3 is 5.97 Å². The second-order valence-electron chi connectivity index (χ2n) is 6.54. The number of hydrogen-bond donors (Lipinski definition) is 1. The predicted molar refractivity (Wildman–Crippen MR) is 117 cm³/mol. The van der Waals surface area contributed by atoms with Crippen molar-refractivity contribution in [2.75, 3.05) is 13.2 Å². The van der Waals surface area contributed by atoms with Crippen LogP contribution in [0, 0.1) is 0 Å². The lowest BCUT2D eigenvalue weighted by Crippen LogP contribution is -2.35. The molecule has 0 aliphatic heterocycles. The number of amides is 2. The van der Waals surface area contributed by atoms with Crippen molar-refractivity contribution in [3.05, 3.63) is 71.2 Å². The minimum Gasteiger partial charge on any atom is -0.493 e. The minimum atomic E-state index is -0.668. The number of para-hydroxylation sites is 1. The number of carbonyl (C=O) groups excluding carboxylic acids is 3. The van der Waals surface area contributed by atoms with E-state index in [4.69, 9.17) is 9.47 Å². The highest BCUT2D eigenvalue weighted by Gasteiger charge is 2.15. The van der Waals surface area contributed by atoms with Gasteiger partial charge in [0.15, 0.2) is 6.61 Å². The van der Waals surface area contributed by atoms with Crippen LogP contribution in [0.25, 0.3) is 10.6 Å². The van der Waals surface area contributed by atoms with Crippen LogP contribution in [0.2, 0.25) is 0 Å². The molecule has 0 saturated carbocycles. The maximum Gasteiger partial charge on any atom is 0.312 e. The van der Waals surface area contributed by atoms with Crippen molar-refractivity contribution in [3.63, 3.8) is 0 Å². The summed E-state index contributed by atoms with van der Waals surface area (Å²) in [7, 11) is 0. The zero-order valence-electron chi connectivity index (χ0n) is 17.0. The topological polar surface area (TPSA) is 94.6 Å². The molecule has 0 radical (unpaired) electrons. The van der Waals surface area contributed by atoms with Crippen LogP contribution in [0.4, 0.5) is 0 Å². The van der Waals surface area contributed by atoms with Crippen molar-refractivity contribution in [1.82, 2.24) is 10.3 Å². The van der Waals surface area contributed by atoms with Gasteiger partial charge in [0.1, 0.15) is 10.8 Å². The van der Waals surface area contributed by atoms with E-state index in [1.54, 1.807) is 17.5 Å². The molecule has 1 N–H and O–H groups in total. The van der Waals surface area contributed by atoms with Crippen molar-refractivity contribution >= 4 is 29.1 Å². The molecule has 0 fully saturated rings. The van der Waals surface area contributed by atoms with Gasteiger partial charge in [-0.2, -0.15) is 0 Å². The van der Waals surface area contributed by atoms with Crippen molar-refractivity contribution in [3.8, 4) is 16.3 Å². The average molecular weight is 439 g/mol. The molecule has 0 bridgehead atoms. The van der Waals surface area contributed by atoms with Gasteiger partial charge in [-0.15, -0.1) is 11.3 Å². The summed E-state index contributed by atoms with van der Waals surface area (Å²) in [5.41, 5.74) is 2.18. The Morgan fingerprint density at radius 3 is 2.48 bits per heavy atom. The fourth-order valence-electron chi connectivity index (χ4n) is 2.80. The van der Waals surface area contributed by atoms with Gasteiger partial charge in [-0.05, 0) is 24.6 Å². The van der Waals surface area contributed by atoms with Gasteiger partial charge in [0, 0.05) is 5.38 Å². The first-order chi connectivity index (χ1) is 15.0. The molecule has 3 rings (SSSR count). The molecule has 0 saturated heterocycles. The molecule has 2 aromatic carbocycles. The molecule has 0 spiro atoms. The van der Waals surface area contributed by atoms with Gasteiger partial charge in [-0.25, -0.2) is 4.98 Å². The lowest BCUT2D eigenvalue weighted by atomic mass is 10.1. The molecule has 1 heterocycles. The Bertz CT molecular complexity index is 1050. The van der Waals surface area contributed by atoms with Crippen LogP contribution in [0.3, 0.4) is 0 Å². The summed E-state index contributed by atoms with van der Waals surface area (Å²) in [6.07, 6.45) is 0.00386. The Hall–Kier alpha value is -3.52. The maximum absolute atomic E-state index is 12.1. The second kappa shape index (κ2) is 11.0. The van der Waals surface area contributed by atoms with Crippen molar-refractivity contribution in [2.45, 2.75) is 19.8 Å². The number of esters is 1. The Morgan fingerprint density at radius 2 is 1.71 bits per heavy atom. The lowest BCUT2D eigenvalue weighted by molar-refractivity contribution is -0.149. The highest BCUT2D eigenvalue weighted by atomic mass is 32.1. The Kier molecular flexibility index (Phi) is 7.89. The van der Waals surface area contributed by atoms with Gasteiger partial charge in [0.05, 0.1) is 30.7 Å². The number of thiazole rings is 1. The van der Waals surface area contributed by atoms with Crippen LogP contribution in [-0.2, 0) is 32.0 Å². The van der Waals surface area contributed by atoms with Gasteiger partial charge in [0.2, 0.25) is 5.91 Å². The van der Waals surface area contributed by atoms with E-state index in [0.717, 1.165) is 21.9 Å². The highest BCUT2D eigenvalue weighted by Crippen LogP contribution is 2.32. The normalized spacial score (nSPS) is 10.4. The van der Waals surface area contributed by atoms with Crippen LogP contribution >= 0.6 is 11.3 Å². The van der Waals surface area contributed by atoms with Crippen LogP contribution in [0.5, 0.6) is 5.75 Å². The van der Waals surface area contributed by atoms with Crippen molar-refractivity contribution in [1.29, 1.82) is 0 Å². The van der Waals surface area contributed by atoms with E-state index in [2.05, 4.69) is 10.3 Å². The van der Waals surface area contributed by atoms with E-state index in [0.29, 0.717) is 12.3 Å². The van der Waals surface area contributed by atoms with Crippen molar-refractivity contribution < 1.29 is 23.9 Å². The third kappa shape index (κ3) is 6.75. The number of ether oxygens (including phenoxy) is 2. The van der Waals surface area contributed by atoms with Crippen molar-refractivity contribution in [2.24, 2.45) is 0 Å². The van der Waals surface area contributed by atoms with E-state index in [1.165, 1.54) is 11.3 Å². The predicted octanol–water partition coefficient (Wildman–Crippen LogP) is 3.18. The molecule has 2 amide bonds. The first kappa shape index (κ1) is 22.2. The molecule has 8 heteroatoms. The Morgan fingerprint density at radius 1 is 0.968 bits per heavy atom. The van der Waals surface area contributed by atoms with Crippen LogP contribution in [0.15, 0.2) is 60.0 Å². The molecule has 0 unspecified atom stereocenters. The highest BCUT2D eigenvalue weighted by molar-refractivity contribution is 7.13. The summed E-state index contributed by atoms with van der Waals surface area (Å²) in [5, 5.41) is 4.71. The summed E-state index contributed by atoms with van der Waals surface area (Å²) in [6.45, 7) is 1.92. The van der Waals surface area contributed by atoms with Crippen LogP contribution < -0.4 is 10.1 Å². The number of imide groups is 1. The van der Waals surface area contributed by atoms with Gasteiger partial charge in [-0.3, -0.25) is 19.7 Å². The monoisotopic (exact) mass is 438 g/mol. The minimum absolute atomic E-state index is 0.0709. The van der Waals surface area contributed by atoms with E-state index in [9.17, 15) is 14.4 Å². The first-order valence-corrected chi connectivity index (χ1v) is 10.6. The van der Waals surface area contributed by atoms with Crippen LogP contribution in [-0.4, -0.2) is 36.0 Å². The molecule has 7 nitrogen and oxygen atoms in total. The number of nitrogens with zero attached hydrogens (tertiary/aromatic N) is 1. The Labute approximate surface area is 184 Å². The number of rotatable bonds is 9. The third-order valence-corrected chi connectivity index (χ3v) is 5.07. The molecule has 0 aliphatic carbocycles. The van der Waals surface area contributed by atoms with Gasteiger partial charge in [0.25, 0.3) is 5.91 Å². The molecular formula is C23H22N2O5S. The number of nitrogens with one attached hydrogen (secondary N) is 1. The van der Waals surface area contributed by atoms with E-state index in [-0.39, 0.29) is 12.8 Å². The molecule has 3 aromatic rings. The maximum atomic E-state index is 12.1. The quantitative estimate of drug-likeness (QED) is 0.516. The number of carbonyl (C=O) groups is 3. The lowest BCUT2D eigenvalue weighted by Gasteiger charge is -2.07. The first-order valence-electron chi connectivity index (χ1n) is 9.74. The number of benzene rings is 2. The van der Waals surface area contributed by atoms with Gasteiger partial charge < -0.3 is 9.47 Å². The van der Waals surface area contributed by atoms with Gasteiger partial charge in [-0.1, -0.05) is 42.5 Å². The second-order valence-corrected chi connectivity index (χ2v) is 7.40. The fraction of sp³-hybridized carbons (Fsp3) is 0.217. The summed E-state index contributed by atoms with van der Waals surface area (Å²) >= 11 is 1.40. The third-order valence-electron chi connectivity index (χ3n) is 4.15. The largest absolute Gasteiger partial charge is 0.493 e. The van der Waals surface area contributed by atoms with Crippen LogP contribution in [0.1, 0.15) is 18.2 Å². The molecule has 0 aliphatic rings. The summed E-state index contributed by atoms with van der Waals surface area (Å²) in [6, 6.07) is 16.6. The van der Waals surface area contributed by atoms with E-state index < -0.39 is 24.4 Å². The zero-order chi connectivity index (χ0) is 22.1. The van der Waals surface area contributed by atoms with E-state index >= 15 is 0 Å². The molecule has 0 atom stereocenters. The summed E-state index contributed by atoms with van der Waals surface area (Å²) in [4.78, 5) is 40.3. The number of hydrogen-bond acceptors (Lipinski definition) is 7. The number of aromatic nitrogens is 1. The average Bonchev–Trinajstić information content (AvgIpc) is 3.22. The zero-order valence-corrected chi connectivity index (χ0v) is 17.8. The van der Waals surface area contributed by atoms with E-state index in [1.807, 2.05) is 49.4 Å². The molecular weight excluding hydrogens is 416 g/mol. The smallest absolute Gasteiger partial charge is 0.312 e. The molecule has 1 aromatic heterocycles. The molecule has 31 heavy (non-hydrogen) atoms. The summed E-state index contributed by atoms with van der Waals surface area (Å²) < 4.78 is 10.6.